The molecule has 3 heteroatoms. The Labute approximate surface area is 118 Å². The van der Waals surface area contributed by atoms with E-state index in [0.29, 0.717) is 12.5 Å². The van der Waals surface area contributed by atoms with E-state index in [1.54, 1.807) is 0 Å². The predicted molar refractivity (Wildman–Crippen MR) is 78.4 cm³/mol. The van der Waals surface area contributed by atoms with Crippen LogP contribution in [0.1, 0.15) is 41.1 Å². The molecule has 1 unspecified atom stereocenters. The fourth-order valence-electron chi connectivity index (χ4n) is 2.88. The number of nitrogens with two attached hydrogens (primary N) is 1. The molecule has 0 amide bonds. The van der Waals surface area contributed by atoms with E-state index in [4.69, 9.17) is 17.3 Å². The van der Waals surface area contributed by atoms with Crippen molar-refractivity contribution in [2.24, 2.45) is 5.73 Å². The molecule has 1 aliphatic carbocycles. The summed E-state index contributed by atoms with van der Waals surface area (Å²) in [6.07, 6.45) is 5.36. The molecule has 3 rings (SSSR count). The molecular formula is C16H17ClN2. The van der Waals surface area contributed by atoms with Crippen molar-refractivity contribution < 1.29 is 0 Å². The van der Waals surface area contributed by atoms with Crippen LogP contribution in [0.3, 0.4) is 0 Å². The third kappa shape index (κ3) is 2.38. The van der Waals surface area contributed by atoms with Gasteiger partial charge in [-0.15, -0.1) is 0 Å². The van der Waals surface area contributed by atoms with Gasteiger partial charge in [0.1, 0.15) is 0 Å². The van der Waals surface area contributed by atoms with Gasteiger partial charge in [-0.25, -0.2) is 0 Å². The van der Waals surface area contributed by atoms with Gasteiger partial charge in [-0.05, 0) is 48.1 Å². The highest BCUT2D eigenvalue weighted by atomic mass is 35.5. The molecule has 1 heterocycles. The molecule has 0 saturated heterocycles. The Bertz CT molecular complexity index is 595. The smallest absolute Gasteiger partial charge is 0.0510 e. The van der Waals surface area contributed by atoms with Gasteiger partial charge < -0.3 is 5.73 Å². The first-order valence-corrected chi connectivity index (χ1v) is 7.09. The zero-order chi connectivity index (χ0) is 13.2. The maximum Gasteiger partial charge on any atom is 0.0510 e. The summed E-state index contributed by atoms with van der Waals surface area (Å²) in [4.78, 5) is 4.58. The summed E-state index contributed by atoms with van der Waals surface area (Å²) in [6.45, 7) is 0.485. The zero-order valence-electron chi connectivity index (χ0n) is 10.8. The second kappa shape index (κ2) is 5.32. The number of nitrogens with zero attached hydrogens (tertiary/aromatic N) is 1. The first-order valence-electron chi connectivity index (χ1n) is 6.72. The summed E-state index contributed by atoms with van der Waals surface area (Å²) in [6, 6.07) is 10.4. The molecule has 0 bridgehead atoms. The van der Waals surface area contributed by atoms with Gasteiger partial charge in [0.05, 0.1) is 5.69 Å². The van der Waals surface area contributed by atoms with Crippen LogP contribution in [0.5, 0.6) is 0 Å². The number of aromatic nitrogens is 1. The molecule has 98 valence electrons. The van der Waals surface area contributed by atoms with Crippen LogP contribution in [0.15, 0.2) is 36.5 Å². The third-order valence-electron chi connectivity index (χ3n) is 3.89. The van der Waals surface area contributed by atoms with E-state index in [2.05, 4.69) is 23.2 Å². The molecule has 2 N–H and O–H groups in total. The maximum atomic E-state index is 6.28. The van der Waals surface area contributed by atoms with E-state index < -0.39 is 0 Å². The zero-order valence-corrected chi connectivity index (χ0v) is 11.5. The van der Waals surface area contributed by atoms with Crippen molar-refractivity contribution in [3.05, 3.63) is 63.9 Å². The molecule has 2 aromatic rings. The van der Waals surface area contributed by atoms with Crippen molar-refractivity contribution in [3.8, 4) is 0 Å². The van der Waals surface area contributed by atoms with Crippen LogP contribution in [0, 0.1) is 0 Å². The Balaban J connectivity index is 2.02. The number of halogens is 1. The first kappa shape index (κ1) is 12.6. The lowest BCUT2D eigenvalue weighted by molar-refractivity contribution is 0.598. The molecule has 1 atom stereocenters. The van der Waals surface area contributed by atoms with Crippen molar-refractivity contribution in [2.75, 3.05) is 0 Å². The Morgan fingerprint density at radius 2 is 2.21 bits per heavy atom. The van der Waals surface area contributed by atoms with Gasteiger partial charge in [0.15, 0.2) is 0 Å². The predicted octanol–water partition coefficient (Wildman–Crippen LogP) is 3.66. The van der Waals surface area contributed by atoms with Crippen LogP contribution in [0.25, 0.3) is 0 Å². The van der Waals surface area contributed by atoms with Crippen LogP contribution in [-0.4, -0.2) is 4.98 Å². The van der Waals surface area contributed by atoms with E-state index >= 15 is 0 Å². The van der Waals surface area contributed by atoms with Crippen molar-refractivity contribution in [2.45, 2.75) is 31.7 Å². The molecule has 1 aliphatic rings. The van der Waals surface area contributed by atoms with Crippen molar-refractivity contribution in [1.29, 1.82) is 0 Å². The molecule has 0 radical (unpaired) electrons. The van der Waals surface area contributed by atoms with Gasteiger partial charge in [0, 0.05) is 23.7 Å². The Morgan fingerprint density at radius 3 is 3.00 bits per heavy atom. The minimum Gasteiger partial charge on any atom is -0.326 e. The molecule has 0 fully saturated rings. The molecule has 19 heavy (non-hydrogen) atoms. The highest BCUT2D eigenvalue weighted by Gasteiger charge is 2.23. The summed E-state index contributed by atoms with van der Waals surface area (Å²) in [5.74, 6) is 0.370. The number of rotatable bonds is 2. The molecule has 0 aliphatic heterocycles. The molecule has 0 saturated carbocycles. The Morgan fingerprint density at radius 1 is 1.32 bits per heavy atom. The van der Waals surface area contributed by atoms with Crippen LogP contribution in [0.2, 0.25) is 5.02 Å². The molecule has 1 aromatic heterocycles. The minimum absolute atomic E-state index is 0.370. The largest absolute Gasteiger partial charge is 0.326 e. The number of aryl methyl sites for hydroxylation is 1. The van der Waals surface area contributed by atoms with Gasteiger partial charge in [0.25, 0.3) is 0 Å². The molecule has 0 spiro atoms. The first-order chi connectivity index (χ1) is 9.29. The van der Waals surface area contributed by atoms with E-state index in [1.165, 1.54) is 23.2 Å². The second-order valence-electron chi connectivity index (χ2n) is 5.05. The average molecular weight is 273 g/mol. The van der Waals surface area contributed by atoms with E-state index in [9.17, 15) is 0 Å². The summed E-state index contributed by atoms with van der Waals surface area (Å²) < 4.78 is 0. The summed E-state index contributed by atoms with van der Waals surface area (Å²) in [5.41, 5.74) is 10.5. The van der Waals surface area contributed by atoms with Crippen LogP contribution in [-0.2, 0) is 13.0 Å². The molecular weight excluding hydrogens is 256 g/mol. The lowest BCUT2D eigenvalue weighted by Gasteiger charge is -2.25. The average Bonchev–Trinajstić information content (AvgIpc) is 2.46. The van der Waals surface area contributed by atoms with Gasteiger partial charge in [-0.3, -0.25) is 4.98 Å². The normalized spacial score (nSPS) is 18.1. The Hall–Kier alpha value is -1.38. The van der Waals surface area contributed by atoms with Gasteiger partial charge >= 0.3 is 0 Å². The van der Waals surface area contributed by atoms with E-state index in [-0.39, 0.29) is 0 Å². The molecule has 2 nitrogen and oxygen atoms in total. The van der Waals surface area contributed by atoms with E-state index in [0.717, 1.165) is 23.4 Å². The minimum atomic E-state index is 0.370. The highest BCUT2D eigenvalue weighted by molar-refractivity contribution is 6.31. The molecule has 1 aromatic carbocycles. The fraction of sp³-hybridized carbons (Fsp3) is 0.312. The van der Waals surface area contributed by atoms with Crippen LogP contribution >= 0.6 is 11.6 Å². The highest BCUT2D eigenvalue weighted by Crippen LogP contribution is 2.36. The standard InChI is InChI=1S/C16H17ClN2/c17-15-9-12(6-7-13(15)10-18)14-5-1-3-11-4-2-8-19-16(11)14/h2,4,6-9,14H,1,3,5,10,18H2. The summed E-state index contributed by atoms with van der Waals surface area (Å²) >= 11 is 6.28. The second-order valence-corrected chi connectivity index (χ2v) is 5.45. The maximum absolute atomic E-state index is 6.28. The van der Waals surface area contributed by atoms with Gasteiger partial charge in [0.2, 0.25) is 0 Å². The SMILES string of the molecule is NCc1ccc(C2CCCc3cccnc32)cc1Cl. The Kier molecular flexibility index (Phi) is 3.54. The fourth-order valence-corrected chi connectivity index (χ4v) is 3.15. The van der Waals surface area contributed by atoms with E-state index in [1.807, 2.05) is 18.3 Å². The lowest BCUT2D eigenvalue weighted by atomic mass is 9.82. The summed E-state index contributed by atoms with van der Waals surface area (Å²) in [7, 11) is 0. The number of pyridine rings is 1. The van der Waals surface area contributed by atoms with Crippen molar-refractivity contribution >= 4 is 11.6 Å². The number of hydrogen-bond donors (Lipinski definition) is 1. The van der Waals surface area contributed by atoms with Crippen LogP contribution < -0.4 is 5.73 Å². The van der Waals surface area contributed by atoms with Gasteiger partial charge in [-0.1, -0.05) is 29.8 Å². The van der Waals surface area contributed by atoms with Crippen molar-refractivity contribution in [3.63, 3.8) is 0 Å². The van der Waals surface area contributed by atoms with Crippen LogP contribution in [0.4, 0.5) is 0 Å². The number of fused-ring (bicyclic) bond motifs is 1. The topological polar surface area (TPSA) is 38.9 Å². The lowest BCUT2D eigenvalue weighted by Crippen LogP contribution is -2.13. The monoisotopic (exact) mass is 272 g/mol. The van der Waals surface area contributed by atoms with Crippen molar-refractivity contribution in [1.82, 2.24) is 4.98 Å². The number of hydrogen-bond acceptors (Lipinski definition) is 2. The van der Waals surface area contributed by atoms with Gasteiger partial charge in [-0.2, -0.15) is 0 Å². The number of benzene rings is 1. The third-order valence-corrected chi connectivity index (χ3v) is 4.25. The summed E-state index contributed by atoms with van der Waals surface area (Å²) in [5, 5.41) is 0.767. The quantitative estimate of drug-likeness (QED) is 0.906.